The number of rotatable bonds is 6. The monoisotopic (exact) mass is 280 g/mol. The number of carbonyl (C=O) groups excluding carboxylic acids is 1. The fourth-order valence-electron chi connectivity index (χ4n) is 2.74. The van der Waals surface area contributed by atoms with Crippen molar-refractivity contribution >= 4 is 12.0 Å². The number of carboxylic acids is 1. The third-order valence-corrected chi connectivity index (χ3v) is 4.33. The summed E-state index contributed by atoms with van der Waals surface area (Å²) in [5.41, 5.74) is 0.272. The number of amides is 2. The number of hydrogen-bond donors (Lipinski definition) is 3. The number of carbonyl (C=O) groups is 2. The first-order valence-electron chi connectivity index (χ1n) is 7.49. The van der Waals surface area contributed by atoms with Crippen molar-refractivity contribution in [3.05, 3.63) is 11.6 Å². The first-order valence-corrected chi connectivity index (χ1v) is 7.49. The Morgan fingerprint density at radius 1 is 1.40 bits per heavy atom. The van der Waals surface area contributed by atoms with Gasteiger partial charge in [-0.2, -0.15) is 0 Å². The maximum atomic E-state index is 11.8. The molecular formula is C15H24N2O3. The fourth-order valence-corrected chi connectivity index (χ4v) is 2.74. The summed E-state index contributed by atoms with van der Waals surface area (Å²) in [6, 6.07) is -0.377. The van der Waals surface area contributed by atoms with E-state index in [0.717, 1.165) is 32.1 Å². The molecule has 5 heteroatoms. The van der Waals surface area contributed by atoms with Gasteiger partial charge in [0.25, 0.3) is 0 Å². The molecule has 2 aliphatic rings. The van der Waals surface area contributed by atoms with Crippen molar-refractivity contribution in [2.24, 2.45) is 5.92 Å². The first kappa shape index (κ1) is 14.9. The van der Waals surface area contributed by atoms with Gasteiger partial charge in [-0.25, -0.2) is 9.59 Å². The van der Waals surface area contributed by atoms with Crippen LogP contribution in [0.2, 0.25) is 0 Å². The van der Waals surface area contributed by atoms with Gasteiger partial charge in [0, 0.05) is 6.54 Å². The Hall–Kier alpha value is -1.52. The van der Waals surface area contributed by atoms with E-state index in [1.54, 1.807) is 6.92 Å². The van der Waals surface area contributed by atoms with Crippen LogP contribution in [-0.4, -0.2) is 29.2 Å². The molecule has 0 aromatic heterocycles. The second-order valence-electron chi connectivity index (χ2n) is 6.02. The van der Waals surface area contributed by atoms with Gasteiger partial charge in [-0.15, -0.1) is 0 Å². The van der Waals surface area contributed by atoms with E-state index >= 15 is 0 Å². The van der Waals surface area contributed by atoms with Gasteiger partial charge >= 0.3 is 12.0 Å². The Labute approximate surface area is 119 Å². The molecule has 20 heavy (non-hydrogen) atoms. The molecule has 2 amide bonds. The zero-order valence-corrected chi connectivity index (χ0v) is 12.1. The molecule has 0 saturated heterocycles. The maximum absolute atomic E-state index is 11.8. The molecular weight excluding hydrogens is 256 g/mol. The molecule has 1 saturated carbocycles. The van der Waals surface area contributed by atoms with Crippen LogP contribution in [-0.2, 0) is 4.79 Å². The summed E-state index contributed by atoms with van der Waals surface area (Å²) >= 11 is 0. The zero-order valence-electron chi connectivity index (χ0n) is 12.1. The minimum atomic E-state index is -1.13. The van der Waals surface area contributed by atoms with Gasteiger partial charge in [-0.1, -0.05) is 11.6 Å². The molecule has 0 heterocycles. The zero-order chi connectivity index (χ0) is 14.6. The normalized spacial score (nSPS) is 21.6. The summed E-state index contributed by atoms with van der Waals surface area (Å²) in [6.45, 7) is 2.16. The smallest absolute Gasteiger partial charge is 0.329 e. The quantitative estimate of drug-likeness (QED) is 0.654. The summed E-state index contributed by atoms with van der Waals surface area (Å²) in [4.78, 5) is 23.1. The molecule has 1 unspecified atom stereocenters. The second kappa shape index (κ2) is 6.29. The van der Waals surface area contributed by atoms with E-state index in [4.69, 9.17) is 0 Å². The largest absolute Gasteiger partial charge is 0.480 e. The maximum Gasteiger partial charge on any atom is 0.329 e. The highest BCUT2D eigenvalue weighted by atomic mass is 16.4. The van der Waals surface area contributed by atoms with E-state index in [1.165, 1.54) is 18.4 Å². The standard InChI is InChI=1S/C15H24N2O3/c1-15(13(18)19,12-7-8-12)17-14(20)16-10-9-11-5-3-2-4-6-11/h5,12H,2-4,6-10H2,1H3,(H,18,19)(H2,16,17,20). The number of carboxylic acid groups (broad SMARTS) is 1. The minimum absolute atomic E-state index is 0.0619. The van der Waals surface area contributed by atoms with Gasteiger partial charge in [-0.3, -0.25) is 0 Å². The van der Waals surface area contributed by atoms with Crippen molar-refractivity contribution in [2.75, 3.05) is 6.54 Å². The molecule has 3 N–H and O–H groups in total. The van der Waals surface area contributed by atoms with Crippen LogP contribution >= 0.6 is 0 Å². The molecule has 2 rings (SSSR count). The summed E-state index contributed by atoms with van der Waals surface area (Å²) in [5, 5.41) is 14.7. The lowest BCUT2D eigenvalue weighted by molar-refractivity contribution is -0.144. The highest BCUT2D eigenvalue weighted by molar-refractivity contribution is 5.86. The van der Waals surface area contributed by atoms with E-state index < -0.39 is 11.5 Å². The number of nitrogens with one attached hydrogen (secondary N) is 2. The first-order chi connectivity index (χ1) is 9.52. The molecule has 5 nitrogen and oxygen atoms in total. The molecule has 112 valence electrons. The Morgan fingerprint density at radius 2 is 2.15 bits per heavy atom. The van der Waals surface area contributed by atoms with Crippen LogP contribution in [0.15, 0.2) is 11.6 Å². The summed E-state index contributed by atoms with van der Waals surface area (Å²) in [5.74, 6) is -0.892. The van der Waals surface area contributed by atoms with Gasteiger partial charge in [0.1, 0.15) is 5.54 Å². The average molecular weight is 280 g/mol. The molecule has 0 aliphatic heterocycles. The topological polar surface area (TPSA) is 78.4 Å². The summed E-state index contributed by atoms with van der Waals surface area (Å²) in [7, 11) is 0. The SMILES string of the molecule is CC(NC(=O)NCCC1=CCCCC1)(C(=O)O)C1CC1. The van der Waals surface area contributed by atoms with Gasteiger partial charge in [0.15, 0.2) is 0 Å². The number of hydrogen-bond acceptors (Lipinski definition) is 2. The van der Waals surface area contributed by atoms with Crippen molar-refractivity contribution in [3.8, 4) is 0 Å². The van der Waals surface area contributed by atoms with Gasteiger partial charge in [-0.05, 0) is 57.8 Å². The van der Waals surface area contributed by atoms with Crippen LogP contribution in [0.4, 0.5) is 4.79 Å². The molecule has 0 aromatic carbocycles. The van der Waals surface area contributed by atoms with Crippen molar-refractivity contribution in [2.45, 2.75) is 57.4 Å². The predicted molar refractivity (Wildman–Crippen MR) is 76.5 cm³/mol. The highest BCUT2D eigenvalue weighted by Gasteiger charge is 2.48. The number of urea groups is 1. The van der Waals surface area contributed by atoms with Gasteiger partial charge in [0.05, 0.1) is 0 Å². The lowest BCUT2D eigenvalue weighted by atomic mass is 9.96. The molecule has 0 aromatic rings. The third kappa shape index (κ3) is 3.74. The van der Waals surface area contributed by atoms with Crippen LogP contribution in [0.25, 0.3) is 0 Å². The van der Waals surface area contributed by atoms with Crippen LogP contribution < -0.4 is 10.6 Å². The average Bonchev–Trinajstić information content (AvgIpc) is 3.24. The lowest BCUT2D eigenvalue weighted by Gasteiger charge is -2.26. The number of allylic oxidation sites excluding steroid dienone is 1. The van der Waals surface area contributed by atoms with Gasteiger partial charge < -0.3 is 15.7 Å². The van der Waals surface area contributed by atoms with E-state index in [-0.39, 0.29) is 11.9 Å². The molecule has 2 aliphatic carbocycles. The highest BCUT2D eigenvalue weighted by Crippen LogP contribution is 2.39. The fraction of sp³-hybridized carbons (Fsp3) is 0.733. The van der Waals surface area contributed by atoms with Crippen LogP contribution in [0.1, 0.15) is 51.9 Å². The molecule has 0 bridgehead atoms. The van der Waals surface area contributed by atoms with Crippen molar-refractivity contribution in [3.63, 3.8) is 0 Å². The van der Waals surface area contributed by atoms with E-state index in [0.29, 0.717) is 6.54 Å². The Morgan fingerprint density at radius 3 is 2.70 bits per heavy atom. The summed E-state index contributed by atoms with van der Waals surface area (Å²) in [6.07, 6.45) is 9.62. The summed E-state index contributed by atoms with van der Waals surface area (Å²) < 4.78 is 0. The lowest BCUT2D eigenvalue weighted by Crippen LogP contribution is -2.56. The molecule has 1 fully saturated rings. The minimum Gasteiger partial charge on any atom is -0.480 e. The van der Waals surface area contributed by atoms with Gasteiger partial charge in [0.2, 0.25) is 0 Å². The van der Waals surface area contributed by atoms with E-state index in [2.05, 4.69) is 16.7 Å². The van der Waals surface area contributed by atoms with Crippen molar-refractivity contribution < 1.29 is 14.7 Å². The van der Waals surface area contributed by atoms with E-state index in [9.17, 15) is 14.7 Å². The van der Waals surface area contributed by atoms with Crippen LogP contribution in [0.5, 0.6) is 0 Å². The Balaban J connectivity index is 1.74. The van der Waals surface area contributed by atoms with Crippen LogP contribution in [0, 0.1) is 5.92 Å². The predicted octanol–water partition coefficient (Wildman–Crippen LogP) is 2.43. The van der Waals surface area contributed by atoms with Crippen molar-refractivity contribution in [1.82, 2.24) is 10.6 Å². The number of aliphatic carboxylic acids is 1. The van der Waals surface area contributed by atoms with Crippen molar-refractivity contribution in [1.29, 1.82) is 0 Å². The van der Waals surface area contributed by atoms with E-state index in [1.807, 2.05) is 0 Å². The molecule has 1 atom stereocenters. The Kier molecular flexibility index (Phi) is 4.68. The second-order valence-corrected chi connectivity index (χ2v) is 6.02. The Bertz CT molecular complexity index is 415. The molecule has 0 spiro atoms. The molecule has 0 radical (unpaired) electrons. The van der Waals surface area contributed by atoms with Crippen LogP contribution in [0.3, 0.4) is 0 Å². The third-order valence-electron chi connectivity index (χ3n) is 4.33.